The van der Waals surface area contributed by atoms with E-state index in [0.717, 1.165) is 0 Å². The summed E-state index contributed by atoms with van der Waals surface area (Å²) in [5.74, 6) is 0.662. The van der Waals surface area contributed by atoms with Gasteiger partial charge >= 0.3 is 0 Å². The number of imidazole rings is 1. The molecule has 1 N–H and O–H groups in total. The van der Waals surface area contributed by atoms with E-state index in [9.17, 15) is 4.79 Å². The van der Waals surface area contributed by atoms with Crippen LogP contribution in [0.25, 0.3) is 0 Å². The lowest BCUT2D eigenvalue weighted by molar-refractivity contribution is -0.110. The fraction of sp³-hybridized carbons (Fsp3) is 0.200. The van der Waals surface area contributed by atoms with E-state index >= 15 is 0 Å². The molecule has 48 valence electrons. The second-order valence-corrected chi connectivity index (χ2v) is 2.11. The molecule has 1 aromatic heterocycles. The summed E-state index contributed by atoms with van der Waals surface area (Å²) in [7, 11) is 0. The van der Waals surface area contributed by atoms with Gasteiger partial charge in [-0.25, -0.2) is 4.98 Å². The van der Waals surface area contributed by atoms with Crippen LogP contribution >= 0.6 is 12.6 Å². The molecule has 3 nitrogen and oxygen atoms in total. The third-order valence-electron chi connectivity index (χ3n) is 0.874. The molecule has 9 heavy (non-hydrogen) atoms. The number of thiol groups is 1. The van der Waals surface area contributed by atoms with Gasteiger partial charge in [-0.05, 0) is 0 Å². The van der Waals surface area contributed by atoms with E-state index in [1.54, 1.807) is 12.4 Å². The molecule has 0 amide bonds. The van der Waals surface area contributed by atoms with Crippen LogP contribution in [0.2, 0.25) is 0 Å². The number of rotatable bonds is 2. The lowest BCUT2D eigenvalue weighted by Gasteiger charge is -1.85. The average molecular weight is 142 g/mol. The van der Waals surface area contributed by atoms with Crippen LogP contribution in [0.15, 0.2) is 12.4 Å². The molecule has 0 radical (unpaired) electrons. The van der Waals surface area contributed by atoms with Gasteiger partial charge in [0.25, 0.3) is 0 Å². The summed E-state index contributed by atoms with van der Waals surface area (Å²) in [6.07, 6.45) is 3.55. The Hall–Kier alpha value is -0.770. The first-order valence-corrected chi connectivity index (χ1v) is 2.94. The van der Waals surface area contributed by atoms with Crippen molar-refractivity contribution in [1.82, 2.24) is 9.97 Å². The van der Waals surface area contributed by atoms with Crippen LogP contribution in [0.1, 0.15) is 5.82 Å². The van der Waals surface area contributed by atoms with Crippen LogP contribution < -0.4 is 0 Å². The molecule has 0 bridgehead atoms. The Labute approximate surface area is 57.9 Å². The molecule has 1 aromatic rings. The topological polar surface area (TPSA) is 45.8 Å². The molecule has 1 heterocycles. The van der Waals surface area contributed by atoms with Crippen molar-refractivity contribution in [2.75, 3.05) is 0 Å². The van der Waals surface area contributed by atoms with Crippen molar-refractivity contribution in [3.63, 3.8) is 0 Å². The SMILES string of the molecule is O=C(S)Cc1ncc[nH]1. The van der Waals surface area contributed by atoms with Crippen molar-refractivity contribution >= 4 is 17.7 Å². The Morgan fingerprint density at radius 2 is 2.67 bits per heavy atom. The zero-order valence-corrected chi connectivity index (χ0v) is 5.56. The van der Waals surface area contributed by atoms with Crippen molar-refractivity contribution in [2.24, 2.45) is 0 Å². The largest absolute Gasteiger partial charge is 0.348 e. The third kappa shape index (κ3) is 1.89. The summed E-state index contributed by atoms with van der Waals surface area (Å²) in [5, 5.41) is -0.176. The third-order valence-corrected chi connectivity index (χ3v) is 1.03. The maximum Gasteiger partial charge on any atom is 0.193 e. The standard InChI is InChI=1S/C5H6N2OS/c8-5(9)3-4-6-1-2-7-4/h1-2H,3H2,(H,6,7)(H,8,9). The molecular weight excluding hydrogens is 136 g/mol. The molecule has 0 unspecified atom stereocenters. The van der Waals surface area contributed by atoms with Crippen LogP contribution in [0.4, 0.5) is 0 Å². The van der Waals surface area contributed by atoms with E-state index in [4.69, 9.17) is 0 Å². The Morgan fingerprint density at radius 3 is 3.11 bits per heavy atom. The molecule has 0 spiro atoms. The zero-order chi connectivity index (χ0) is 6.69. The predicted molar refractivity (Wildman–Crippen MR) is 36.3 cm³/mol. The Kier molecular flexibility index (Phi) is 1.89. The highest BCUT2D eigenvalue weighted by Crippen LogP contribution is 1.92. The highest BCUT2D eigenvalue weighted by atomic mass is 32.1. The van der Waals surface area contributed by atoms with Gasteiger partial charge < -0.3 is 4.98 Å². The number of nitrogens with one attached hydrogen (secondary N) is 1. The number of hydrogen-bond donors (Lipinski definition) is 2. The Balaban J connectivity index is 2.58. The van der Waals surface area contributed by atoms with E-state index in [0.29, 0.717) is 5.82 Å². The molecule has 1 rings (SSSR count). The second kappa shape index (κ2) is 2.68. The minimum atomic E-state index is -0.176. The van der Waals surface area contributed by atoms with Crippen LogP contribution in [0.3, 0.4) is 0 Å². The van der Waals surface area contributed by atoms with E-state index in [2.05, 4.69) is 22.6 Å². The van der Waals surface area contributed by atoms with Crippen molar-refractivity contribution in [3.8, 4) is 0 Å². The van der Waals surface area contributed by atoms with Crippen molar-refractivity contribution in [1.29, 1.82) is 0 Å². The van der Waals surface area contributed by atoms with Crippen LogP contribution in [0.5, 0.6) is 0 Å². The minimum absolute atomic E-state index is 0.176. The first kappa shape index (κ1) is 6.35. The second-order valence-electron chi connectivity index (χ2n) is 1.61. The number of hydrogen-bond acceptors (Lipinski definition) is 2. The maximum atomic E-state index is 10.3. The smallest absolute Gasteiger partial charge is 0.193 e. The molecule has 0 saturated carbocycles. The zero-order valence-electron chi connectivity index (χ0n) is 4.66. The summed E-state index contributed by atoms with van der Waals surface area (Å²) in [5.41, 5.74) is 0. The van der Waals surface area contributed by atoms with E-state index in [1.807, 2.05) is 0 Å². The fourth-order valence-corrected chi connectivity index (χ4v) is 0.688. The van der Waals surface area contributed by atoms with E-state index in [1.165, 1.54) is 0 Å². The molecule has 0 aliphatic carbocycles. The van der Waals surface area contributed by atoms with Crippen LogP contribution in [-0.2, 0) is 11.2 Å². The summed E-state index contributed by atoms with van der Waals surface area (Å²) in [6, 6.07) is 0. The number of H-pyrrole nitrogens is 1. The number of nitrogens with zero attached hydrogens (tertiary/aromatic N) is 1. The average Bonchev–Trinajstić information content (AvgIpc) is 2.15. The van der Waals surface area contributed by atoms with Gasteiger partial charge in [-0.3, -0.25) is 4.79 Å². The van der Waals surface area contributed by atoms with Gasteiger partial charge in [-0.1, -0.05) is 0 Å². The van der Waals surface area contributed by atoms with Gasteiger partial charge in [-0.15, -0.1) is 12.6 Å². The van der Waals surface area contributed by atoms with Crippen molar-refractivity contribution in [2.45, 2.75) is 6.42 Å². The fourth-order valence-electron chi connectivity index (χ4n) is 0.538. The first-order valence-electron chi connectivity index (χ1n) is 2.49. The molecule has 0 aliphatic heterocycles. The molecule has 0 atom stereocenters. The summed E-state index contributed by atoms with van der Waals surface area (Å²) in [6.45, 7) is 0. The van der Waals surface area contributed by atoms with Gasteiger partial charge in [0.15, 0.2) is 5.12 Å². The highest BCUT2D eigenvalue weighted by molar-refractivity contribution is 7.96. The quantitative estimate of drug-likeness (QED) is 0.587. The summed E-state index contributed by atoms with van der Waals surface area (Å²) >= 11 is 3.59. The highest BCUT2D eigenvalue weighted by Gasteiger charge is 1.97. The molecule has 4 heteroatoms. The predicted octanol–water partition coefficient (Wildman–Crippen LogP) is 0.409. The Bertz CT molecular complexity index is 195. The molecule has 0 aliphatic rings. The van der Waals surface area contributed by atoms with E-state index in [-0.39, 0.29) is 11.5 Å². The first-order chi connectivity index (χ1) is 4.29. The number of aromatic amines is 1. The van der Waals surface area contributed by atoms with Gasteiger partial charge in [0, 0.05) is 12.4 Å². The minimum Gasteiger partial charge on any atom is -0.348 e. The lowest BCUT2D eigenvalue weighted by Crippen LogP contribution is -1.94. The van der Waals surface area contributed by atoms with Crippen molar-refractivity contribution < 1.29 is 4.79 Å². The van der Waals surface area contributed by atoms with Crippen LogP contribution in [-0.4, -0.2) is 15.1 Å². The van der Waals surface area contributed by atoms with Gasteiger partial charge in [0.2, 0.25) is 0 Å². The van der Waals surface area contributed by atoms with Gasteiger partial charge in [-0.2, -0.15) is 0 Å². The molecular formula is C5H6N2OS. The monoisotopic (exact) mass is 142 g/mol. The van der Waals surface area contributed by atoms with Gasteiger partial charge in [0.1, 0.15) is 5.82 Å². The normalized spacial score (nSPS) is 9.44. The summed E-state index contributed by atoms with van der Waals surface area (Å²) < 4.78 is 0. The van der Waals surface area contributed by atoms with Gasteiger partial charge in [0.05, 0.1) is 6.42 Å². The lowest BCUT2D eigenvalue weighted by atomic mass is 10.4. The maximum absolute atomic E-state index is 10.3. The molecule has 0 saturated heterocycles. The number of carbonyl (C=O) groups excluding carboxylic acids is 1. The Morgan fingerprint density at radius 1 is 1.89 bits per heavy atom. The molecule has 0 aromatic carbocycles. The van der Waals surface area contributed by atoms with Crippen LogP contribution in [0, 0.1) is 0 Å². The molecule has 0 fully saturated rings. The number of aromatic nitrogens is 2. The summed E-state index contributed by atoms with van der Waals surface area (Å²) in [4.78, 5) is 16.9. The van der Waals surface area contributed by atoms with E-state index < -0.39 is 0 Å². The van der Waals surface area contributed by atoms with Crippen molar-refractivity contribution in [3.05, 3.63) is 18.2 Å². The number of carbonyl (C=O) groups is 1.